The fourth-order valence-corrected chi connectivity index (χ4v) is 4.47. The maximum Gasteiger partial charge on any atom is 0.291 e. The van der Waals surface area contributed by atoms with Crippen molar-refractivity contribution in [2.24, 2.45) is 0 Å². The van der Waals surface area contributed by atoms with Crippen molar-refractivity contribution in [3.8, 4) is 11.8 Å². The van der Waals surface area contributed by atoms with Crippen molar-refractivity contribution in [1.29, 1.82) is 0 Å². The quantitative estimate of drug-likeness (QED) is 0.288. The number of halogens is 1. The molecule has 0 fully saturated rings. The minimum Gasteiger partial charge on any atom is -0.459 e. The SMILES string of the molecule is Cc1ccoc1C(=O)Nc1cccc(C#Cc2cncc(C(=O)NS(C)(=O)=CCCBr)c2)c1. The van der Waals surface area contributed by atoms with E-state index in [0.717, 1.165) is 5.56 Å². The molecule has 9 heteroatoms. The van der Waals surface area contributed by atoms with Gasteiger partial charge in [0.25, 0.3) is 11.8 Å². The molecule has 2 amide bonds. The maximum absolute atomic E-state index is 12.5. The number of nitrogens with one attached hydrogen (secondary N) is 2. The lowest BCUT2D eigenvalue weighted by Gasteiger charge is -2.08. The van der Waals surface area contributed by atoms with Crippen LogP contribution < -0.4 is 10.0 Å². The van der Waals surface area contributed by atoms with Gasteiger partial charge in [-0.25, -0.2) is 4.21 Å². The van der Waals surface area contributed by atoms with Gasteiger partial charge in [0, 0.05) is 56.1 Å². The monoisotopic (exact) mass is 527 g/mol. The van der Waals surface area contributed by atoms with E-state index in [9.17, 15) is 13.8 Å². The Morgan fingerprint density at radius 3 is 2.67 bits per heavy atom. The summed E-state index contributed by atoms with van der Waals surface area (Å²) < 4.78 is 20.2. The number of aromatic nitrogens is 1. The number of carbonyl (C=O) groups excluding carboxylic acids is 2. The Morgan fingerprint density at radius 1 is 1.15 bits per heavy atom. The van der Waals surface area contributed by atoms with Crippen LogP contribution in [-0.2, 0) is 9.71 Å². The van der Waals surface area contributed by atoms with Gasteiger partial charge in [0.1, 0.15) is 0 Å². The van der Waals surface area contributed by atoms with Crippen LogP contribution in [0.2, 0.25) is 0 Å². The first kappa shape index (κ1) is 24.3. The number of rotatable bonds is 6. The van der Waals surface area contributed by atoms with Gasteiger partial charge in [-0.2, -0.15) is 0 Å². The minimum absolute atomic E-state index is 0.258. The lowest BCUT2D eigenvalue weighted by molar-refractivity contribution is 0.0978. The van der Waals surface area contributed by atoms with Crippen LogP contribution in [-0.4, -0.2) is 38.0 Å². The molecule has 0 aliphatic carbocycles. The minimum atomic E-state index is -2.60. The van der Waals surface area contributed by atoms with Crippen LogP contribution in [0.4, 0.5) is 5.69 Å². The van der Waals surface area contributed by atoms with Crippen LogP contribution in [0.3, 0.4) is 0 Å². The van der Waals surface area contributed by atoms with Crippen molar-refractivity contribution in [2.75, 3.05) is 16.9 Å². The highest BCUT2D eigenvalue weighted by molar-refractivity contribution is 9.09. The Hall–Kier alpha value is -3.35. The number of carbonyl (C=O) groups is 2. The van der Waals surface area contributed by atoms with Gasteiger partial charge in [-0.15, -0.1) is 0 Å². The van der Waals surface area contributed by atoms with Gasteiger partial charge in [-0.1, -0.05) is 33.8 Å². The second-order valence-electron chi connectivity index (χ2n) is 7.16. The van der Waals surface area contributed by atoms with Crippen molar-refractivity contribution in [3.63, 3.8) is 0 Å². The Bertz CT molecular complexity index is 1360. The third-order valence-corrected chi connectivity index (χ3v) is 6.30. The molecular weight excluding hydrogens is 506 g/mol. The normalized spacial score (nSPS) is 12.1. The van der Waals surface area contributed by atoms with E-state index < -0.39 is 15.6 Å². The molecule has 3 rings (SSSR count). The number of amides is 2. The Labute approximate surface area is 201 Å². The van der Waals surface area contributed by atoms with Crippen LogP contribution >= 0.6 is 15.9 Å². The Balaban J connectivity index is 1.73. The van der Waals surface area contributed by atoms with E-state index in [1.165, 1.54) is 24.9 Å². The number of hydrogen-bond acceptors (Lipinski definition) is 5. The van der Waals surface area contributed by atoms with Crippen LogP contribution in [0.15, 0.2) is 59.5 Å². The van der Waals surface area contributed by atoms with Gasteiger partial charge < -0.3 is 9.73 Å². The number of aryl methyl sites for hydroxylation is 1. The van der Waals surface area contributed by atoms with Gasteiger partial charge in [0.2, 0.25) is 0 Å². The number of anilines is 1. The number of alkyl halides is 1. The summed E-state index contributed by atoms with van der Waals surface area (Å²) in [6, 6.07) is 10.4. The lowest BCUT2D eigenvalue weighted by atomic mass is 10.1. The van der Waals surface area contributed by atoms with E-state index in [2.05, 4.69) is 42.8 Å². The molecule has 0 spiro atoms. The number of nitrogens with zero attached hydrogens (tertiary/aromatic N) is 1. The maximum atomic E-state index is 12.5. The lowest BCUT2D eigenvalue weighted by Crippen LogP contribution is -2.31. The van der Waals surface area contributed by atoms with Gasteiger partial charge in [-0.05, 0) is 49.0 Å². The molecule has 0 aliphatic heterocycles. The van der Waals surface area contributed by atoms with E-state index in [0.29, 0.717) is 28.6 Å². The van der Waals surface area contributed by atoms with Crippen LogP contribution in [0, 0.1) is 18.8 Å². The molecule has 0 saturated carbocycles. The van der Waals surface area contributed by atoms with Crippen molar-refractivity contribution in [1.82, 2.24) is 9.71 Å². The second kappa shape index (κ2) is 11.0. The van der Waals surface area contributed by atoms with Crippen molar-refractivity contribution in [2.45, 2.75) is 13.3 Å². The first-order valence-corrected chi connectivity index (χ1v) is 13.1. The van der Waals surface area contributed by atoms with Crippen LogP contribution in [0.5, 0.6) is 0 Å². The first-order valence-electron chi connectivity index (χ1n) is 9.90. The van der Waals surface area contributed by atoms with Crippen LogP contribution in [0.25, 0.3) is 0 Å². The van der Waals surface area contributed by atoms with Crippen molar-refractivity contribution < 1.29 is 18.2 Å². The zero-order chi connectivity index (χ0) is 23.8. The summed E-state index contributed by atoms with van der Waals surface area (Å²) in [5, 5.41) is 5.02. The standard InChI is InChI=1S/C24H22BrN3O4S/c1-17-9-11-32-22(17)24(30)27-21-6-3-5-18(14-21)7-8-19-13-20(16-26-15-19)23(29)28-33(2,31)12-4-10-25/h3,5-6,9,11-16H,4,10H2,1-2H3,(H,27,30)(H,28,29,31). The molecule has 1 unspecified atom stereocenters. The molecule has 2 heterocycles. The highest BCUT2D eigenvalue weighted by atomic mass is 79.9. The highest BCUT2D eigenvalue weighted by Crippen LogP contribution is 2.15. The summed E-state index contributed by atoms with van der Waals surface area (Å²) in [5.41, 5.74) is 2.78. The predicted molar refractivity (Wildman–Crippen MR) is 134 cm³/mol. The molecule has 0 aliphatic rings. The first-order chi connectivity index (χ1) is 15.8. The summed E-state index contributed by atoms with van der Waals surface area (Å²) in [6.45, 7) is 1.79. The smallest absolute Gasteiger partial charge is 0.291 e. The molecule has 2 aromatic heterocycles. The molecule has 1 atom stereocenters. The molecule has 33 heavy (non-hydrogen) atoms. The number of furan rings is 1. The van der Waals surface area contributed by atoms with Gasteiger partial charge in [0.15, 0.2) is 5.76 Å². The predicted octanol–water partition coefficient (Wildman–Crippen LogP) is 3.78. The largest absolute Gasteiger partial charge is 0.459 e. The number of benzene rings is 1. The van der Waals surface area contributed by atoms with Gasteiger partial charge >= 0.3 is 0 Å². The average Bonchev–Trinajstić information content (AvgIpc) is 3.22. The molecule has 0 saturated heterocycles. The molecule has 170 valence electrons. The molecular formula is C24H22BrN3O4S. The fourth-order valence-electron chi connectivity index (χ4n) is 2.80. The molecule has 1 aromatic carbocycles. The summed E-state index contributed by atoms with van der Waals surface area (Å²) >= 11 is 3.27. The third-order valence-electron chi connectivity index (χ3n) is 4.38. The van der Waals surface area contributed by atoms with Crippen LogP contribution in [0.1, 0.15) is 44.0 Å². The third kappa shape index (κ3) is 7.07. The topological polar surface area (TPSA) is 101 Å². The van der Waals surface area contributed by atoms with E-state index >= 15 is 0 Å². The molecule has 7 nitrogen and oxygen atoms in total. The summed E-state index contributed by atoms with van der Waals surface area (Å²) in [6.07, 6.45) is 6.45. The van der Waals surface area contributed by atoms with E-state index in [-0.39, 0.29) is 17.2 Å². The summed E-state index contributed by atoms with van der Waals surface area (Å²) in [7, 11) is -2.60. The summed E-state index contributed by atoms with van der Waals surface area (Å²) in [4.78, 5) is 28.9. The zero-order valence-corrected chi connectivity index (χ0v) is 20.5. The van der Waals surface area contributed by atoms with Crippen molar-refractivity contribution in [3.05, 3.63) is 83.1 Å². The van der Waals surface area contributed by atoms with Gasteiger partial charge in [-0.3, -0.25) is 19.3 Å². The summed E-state index contributed by atoms with van der Waals surface area (Å²) in [5.74, 6) is 5.39. The zero-order valence-electron chi connectivity index (χ0n) is 18.1. The van der Waals surface area contributed by atoms with E-state index in [1.807, 2.05) is 0 Å². The molecule has 3 aromatic rings. The molecule has 0 radical (unpaired) electrons. The Kier molecular flexibility index (Phi) is 8.09. The second-order valence-corrected chi connectivity index (χ2v) is 10.3. The van der Waals surface area contributed by atoms with Gasteiger partial charge in [0.05, 0.1) is 11.8 Å². The van der Waals surface area contributed by atoms with E-state index in [4.69, 9.17) is 4.42 Å². The van der Waals surface area contributed by atoms with Crippen molar-refractivity contribution >= 4 is 48.5 Å². The molecule has 2 N–H and O–H groups in total. The average molecular weight is 528 g/mol. The number of hydrogen-bond donors (Lipinski definition) is 2. The van der Waals surface area contributed by atoms with E-state index in [1.54, 1.807) is 48.7 Å². The number of pyridine rings is 1. The molecule has 0 bridgehead atoms. The fraction of sp³-hybridized carbons (Fsp3) is 0.167. The Morgan fingerprint density at radius 2 is 1.94 bits per heavy atom. The highest BCUT2D eigenvalue weighted by Gasteiger charge is 2.13.